The maximum atomic E-state index is 14.3. The van der Waals surface area contributed by atoms with Crippen LogP contribution in [0.25, 0.3) is 0 Å². The fourth-order valence-electron chi connectivity index (χ4n) is 2.37. The lowest BCUT2D eigenvalue weighted by Crippen LogP contribution is -2.44. The van der Waals surface area contributed by atoms with Crippen molar-refractivity contribution in [2.45, 2.75) is 12.0 Å². The zero-order chi connectivity index (χ0) is 15.7. The van der Waals surface area contributed by atoms with Gasteiger partial charge in [-0.1, -0.05) is 5.16 Å². The molecule has 0 spiro atoms. The highest BCUT2D eigenvalue weighted by Gasteiger charge is 2.41. The van der Waals surface area contributed by atoms with Crippen LogP contribution in [-0.4, -0.2) is 41.7 Å². The average molecular weight is 349 g/mol. The van der Waals surface area contributed by atoms with Gasteiger partial charge in [-0.3, -0.25) is 4.90 Å². The van der Waals surface area contributed by atoms with E-state index in [0.717, 1.165) is 37.4 Å². The highest BCUT2D eigenvalue weighted by molar-refractivity contribution is 5.85. The van der Waals surface area contributed by atoms with E-state index in [9.17, 15) is 13.2 Å². The normalized spacial score (nSPS) is 19.4. The molecule has 5 nitrogen and oxygen atoms in total. The Hall–Kier alpha value is -1.64. The fraction of sp³-hybridized carbons (Fsp3) is 0.429. The molecule has 1 aromatic carbocycles. The van der Waals surface area contributed by atoms with Crippen LogP contribution >= 0.6 is 12.4 Å². The van der Waals surface area contributed by atoms with Gasteiger partial charge in [-0.15, -0.1) is 12.4 Å². The Morgan fingerprint density at radius 1 is 1.30 bits per heavy atom. The van der Waals surface area contributed by atoms with E-state index in [1.54, 1.807) is 0 Å². The summed E-state index contributed by atoms with van der Waals surface area (Å²) in [5.74, 6) is -4.61. The van der Waals surface area contributed by atoms with Crippen LogP contribution in [-0.2, 0) is 5.92 Å². The number of likely N-dealkylation sites (N-methyl/N-ethyl adjacent to an activating group) is 1. The first-order valence-corrected chi connectivity index (χ1v) is 6.87. The molecule has 9 heteroatoms. The van der Waals surface area contributed by atoms with E-state index in [4.69, 9.17) is 4.52 Å². The number of nitrogens with one attached hydrogen (secondary N) is 1. The van der Waals surface area contributed by atoms with Gasteiger partial charge in [0.05, 0.1) is 6.04 Å². The summed E-state index contributed by atoms with van der Waals surface area (Å²) >= 11 is 0. The van der Waals surface area contributed by atoms with Gasteiger partial charge in [-0.05, 0) is 31.3 Å². The number of halogens is 4. The number of rotatable bonds is 3. The molecule has 1 N–H and O–H groups in total. The van der Waals surface area contributed by atoms with Crippen molar-refractivity contribution in [1.29, 1.82) is 0 Å². The Kier molecular flexibility index (Phi) is 5.28. The molecule has 23 heavy (non-hydrogen) atoms. The van der Waals surface area contributed by atoms with E-state index in [1.807, 2.05) is 11.9 Å². The molecular weight excluding hydrogens is 333 g/mol. The first-order chi connectivity index (χ1) is 10.5. The minimum absolute atomic E-state index is 0. The summed E-state index contributed by atoms with van der Waals surface area (Å²) in [6.07, 6.45) is 0. The van der Waals surface area contributed by atoms with Crippen molar-refractivity contribution in [3.8, 4) is 0 Å². The second kappa shape index (κ2) is 6.86. The lowest BCUT2D eigenvalue weighted by Gasteiger charge is -2.30. The standard InChI is InChI=1S/C14H15F3N4O.ClH/c1-21-7-6-18-8-11(21)12-19-13(22-20-12)14(16,17)9-2-4-10(15)5-3-9;/h2-5,11,18H,6-8H2,1H3;1H. The van der Waals surface area contributed by atoms with Gasteiger partial charge < -0.3 is 9.84 Å². The largest absolute Gasteiger partial charge is 0.350 e. The highest BCUT2D eigenvalue weighted by Crippen LogP contribution is 2.35. The van der Waals surface area contributed by atoms with Crippen LogP contribution in [0.2, 0.25) is 0 Å². The molecule has 1 saturated heterocycles. The van der Waals surface area contributed by atoms with Crippen molar-refractivity contribution < 1.29 is 17.7 Å². The maximum Gasteiger partial charge on any atom is 0.350 e. The van der Waals surface area contributed by atoms with Crippen LogP contribution in [0.3, 0.4) is 0 Å². The number of alkyl halides is 2. The molecule has 3 rings (SSSR count). The Morgan fingerprint density at radius 2 is 2.00 bits per heavy atom. The monoisotopic (exact) mass is 348 g/mol. The third-order valence-corrected chi connectivity index (χ3v) is 3.73. The third kappa shape index (κ3) is 3.49. The van der Waals surface area contributed by atoms with Crippen molar-refractivity contribution in [2.24, 2.45) is 0 Å². The van der Waals surface area contributed by atoms with Crippen molar-refractivity contribution in [2.75, 3.05) is 26.7 Å². The Morgan fingerprint density at radius 3 is 2.65 bits per heavy atom. The summed E-state index contributed by atoms with van der Waals surface area (Å²) in [4.78, 5) is 5.83. The third-order valence-electron chi connectivity index (χ3n) is 3.73. The number of aromatic nitrogens is 2. The van der Waals surface area contributed by atoms with Crippen LogP contribution in [0.4, 0.5) is 13.2 Å². The van der Waals surface area contributed by atoms with Gasteiger partial charge in [0.1, 0.15) is 5.82 Å². The average Bonchev–Trinajstić information content (AvgIpc) is 2.98. The number of nitrogens with zero attached hydrogens (tertiary/aromatic N) is 3. The van der Waals surface area contributed by atoms with Crippen LogP contribution in [0.5, 0.6) is 0 Å². The molecule has 0 amide bonds. The number of piperazine rings is 1. The zero-order valence-electron chi connectivity index (χ0n) is 12.3. The van der Waals surface area contributed by atoms with Gasteiger partial charge >= 0.3 is 11.8 Å². The second-order valence-corrected chi connectivity index (χ2v) is 5.24. The molecule has 1 fully saturated rings. The van der Waals surface area contributed by atoms with Crippen LogP contribution in [0.15, 0.2) is 28.8 Å². The van der Waals surface area contributed by atoms with Gasteiger partial charge in [-0.2, -0.15) is 13.8 Å². The van der Waals surface area contributed by atoms with E-state index >= 15 is 0 Å². The lowest BCUT2D eigenvalue weighted by atomic mass is 10.1. The van der Waals surface area contributed by atoms with Gasteiger partial charge in [-0.25, -0.2) is 4.39 Å². The molecule has 0 radical (unpaired) electrons. The lowest BCUT2D eigenvalue weighted by molar-refractivity contribution is 0.00756. The molecule has 1 aliphatic heterocycles. The highest BCUT2D eigenvalue weighted by atomic mass is 35.5. The van der Waals surface area contributed by atoms with Gasteiger partial charge in [0, 0.05) is 25.2 Å². The predicted molar refractivity (Wildman–Crippen MR) is 79.2 cm³/mol. The molecule has 1 aliphatic rings. The minimum atomic E-state index is -3.46. The molecule has 1 unspecified atom stereocenters. The van der Waals surface area contributed by atoms with Crippen molar-refractivity contribution in [3.63, 3.8) is 0 Å². The van der Waals surface area contributed by atoms with E-state index in [0.29, 0.717) is 6.54 Å². The van der Waals surface area contributed by atoms with Crippen molar-refractivity contribution in [1.82, 2.24) is 20.4 Å². The summed E-state index contributed by atoms with van der Waals surface area (Å²) in [6.45, 7) is 2.16. The number of hydrogen-bond donors (Lipinski definition) is 1. The molecule has 1 aromatic heterocycles. The van der Waals surface area contributed by atoms with Crippen LogP contribution in [0.1, 0.15) is 23.3 Å². The summed E-state index contributed by atoms with van der Waals surface area (Å²) in [5.41, 5.74) is -0.390. The molecule has 0 saturated carbocycles. The maximum absolute atomic E-state index is 14.3. The first kappa shape index (κ1) is 17.7. The molecule has 126 valence electrons. The number of hydrogen-bond acceptors (Lipinski definition) is 5. The first-order valence-electron chi connectivity index (χ1n) is 6.87. The second-order valence-electron chi connectivity index (χ2n) is 5.24. The summed E-state index contributed by atoms with van der Waals surface area (Å²) in [5, 5.41) is 6.83. The van der Waals surface area contributed by atoms with E-state index in [-0.39, 0.29) is 29.8 Å². The molecule has 0 aliphatic carbocycles. The topological polar surface area (TPSA) is 54.2 Å². The van der Waals surface area contributed by atoms with Gasteiger partial charge in [0.15, 0.2) is 5.82 Å². The van der Waals surface area contributed by atoms with Crippen molar-refractivity contribution >= 4 is 12.4 Å². The molecule has 2 heterocycles. The SMILES string of the molecule is CN1CCNCC1c1noc(C(F)(F)c2ccc(F)cc2)n1.Cl. The Bertz CT molecular complexity index is 650. The summed E-state index contributed by atoms with van der Waals surface area (Å²) < 4.78 is 46.3. The fourth-order valence-corrected chi connectivity index (χ4v) is 2.37. The quantitative estimate of drug-likeness (QED) is 0.922. The van der Waals surface area contributed by atoms with Crippen LogP contribution < -0.4 is 5.32 Å². The smallest absolute Gasteiger partial charge is 0.332 e. The molecule has 0 bridgehead atoms. The van der Waals surface area contributed by atoms with Crippen molar-refractivity contribution in [3.05, 3.63) is 47.4 Å². The van der Waals surface area contributed by atoms with Gasteiger partial charge in [0.25, 0.3) is 0 Å². The molecule has 1 atom stereocenters. The van der Waals surface area contributed by atoms with E-state index in [2.05, 4.69) is 15.5 Å². The Labute approximate surface area is 137 Å². The number of benzene rings is 1. The summed E-state index contributed by atoms with van der Waals surface area (Å²) in [6, 6.07) is 3.75. The van der Waals surface area contributed by atoms with Gasteiger partial charge in [0.2, 0.25) is 0 Å². The van der Waals surface area contributed by atoms with E-state index in [1.165, 1.54) is 0 Å². The molecule has 2 aromatic rings. The zero-order valence-corrected chi connectivity index (χ0v) is 13.1. The predicted octanol–water partition coefficient (Wildman–Crippen LogP) is 2.35. The Balaban J connectivity index is 0.00000192. The van der Waals surface area contributed by atoms with E-state index < -0.39 is 17.6 Å². The summed E-state index contributed by atoms with van der Waals surface area (Å²) in [7, 11) is 1.87. The van der Waals surface area contributed by atoms with Crippen LogP contribution in [0, 0.1) is 5.82 Å². The minimum Gasteiger partial charge on any atom is -0.332 e. The molecular formula is C14H16ClF3N4O.